The second kappa shape index (κ2) is 7.38. The molecule has 2 saturated heterocycles. The maximum absolute atomic E-state index is 12.2. The molecule has 1 amide bonds. The van der Waals surface area contributed by atoms with Gasteiger partial charge in [-0.2, -0.15) is 0 Å². The molecule has 0 aromatic carbocycles. The topological polar surface area (TPSA) is 67.6 Å². The summed E-state index contributed by atoms with van der Waals surface area (Å²) in [5.74, 6) is 1.35. The number of rotatable bonds is 4. The van der Waals surface area contributed by atoms with E-state index in [1.807, 2.05) is 0 Å². The number of carbonyl (C=O) groups excluding carboxylic acids is 1. The predicted molar refractivity (Wildman–Crippen MR) is 79.3 cm³/mol. The molecule has 116 valence electrons. The molecule has 20 heavy (non-hydrogen) atoms. The van der Waals surface area contributed by atoms with E-state index in [2.05, 4.69) is 24.1 Å². The van der Waals surface area contributed by atoms with Gasteiger partial charge in [0.05, 0.1) is 6.54 Å². The lowest BCUT2D eigenvalue weighted by atomic mass is 9.85. The fourth-order valence-corrected chi connectivity index (χ4v) is 3.62. The molecule has 0 saturated carbocycles. The lowest BCUT2D eigenvalue weighted by Gasteiger charge is -2.42. The summed E-state index contributed by atoms with van der Waals surface area (Å²) in [4.78, 5) is 14.5. The van der Waals surface area contributed by atoms with Crippen LogP contribution in [0.25, 0.3) is 0 Å². The number of likely N-dealkylation sites (tertiary alicyclic amines) is 1. The fraction of sp³-hybridized carbons (Fsp3) is 0.933. The number of nitrogens with two attached hydrogens (primary N) is 1. The standard InChI is InChI=1S/C15H29N3O2/c1-11-7-12(2)14(8-16)18(9-11)10-15(19)17-13-3-5-20-6-4-13/h11-14H,3-10,16H2,1-2H3,(H,17,19). The van der Waals surface area contributed by atoms with E-state index in [9.17, 15) is 4.79 Å². The van der Waals surface area contributed by atoms with Gasteiger partial charge in [-0.15, -0.1) is 0 Å². The van der Waals surface area contributed by atoms with Crippen LogP contribution in [0, 0.1) is 11.8 Å². The van der Waals surface area contributed by atoms with Crippen molar-refractivity contribution >= 4 is 5.91 Å². The van der Waals surface area contributed by atoms with Crippen LogP contribution in [0.3, 0.4) is 0 Å². The van der Waals surface area contributed by atoms with Crippen molar-refractivity contribution in [1.29, 1.82) is 0 Å². The number of piperidine rings is 1. The molecule has 3 atom stereocenters. The van der Waals surface area contributed by atoms with Crippen LogP contribution in [0.2, 0.25) is 0 Å². The molecule has 5 nitrogen and oxygen atoms in total. The van der Waals surface area contributed by atoms with Crippen molar-refractivity contribution in [3.63, 3.8) is 0 Å². The number of carbonyl (C=O) groups is 1. The predicted octanol–water partition coefficient (Wildman–Crippen LogP) is 0.587. The average Bonchev–Trinajstić information content (AvgIpc) is 2.39. The van der Waals surface area contributed by atoms with E-state index in [-0.39, 0.29) is 11.9 Å². The molecule has 0 aromatic rings. The number of amides is 1. The molecule has 2 rings (SSSR count). The van der Waals surface area contributed by atoms with Crippen molar-refractivity contribution in [2.45, 2.75) is 45.2 Å². The largest absolute Gasteiger partial charge is 0.381 e. The summed E-state index contributed by atoms with van der Waals surface area (Å²) < 4.78 is 5.32. The van der Waals surface area contributed by atoms with Gasteiger partial charge in [-0.1, -0.05) is 13.8 Å². The Balaban J connectivity index is 1.84. The molecular weight excluding hydrogens is 254 g/mol. The third-order valence-electron chi connectivity index (χ3n) is 4.62. The molecule has 3 N–H and O–H groups in total. The maximum atomic E-state index is 12.2. The summed E-state index contributed by atoms with van der Waals surface area (Å²) in [6.45, 7) is 8.12. The van der Waals surface area contributed by atoms with Crippen LogP contribution >= 0.6 is 0 Å². The minimum absolute atomic E-state index is 0.136. The minimum atomic E-state index is 0.136. The highest BCUT2D eigenvalue weighted by molar-refractivity contribution is 5.78. The highest BCUT2D eigenvalue weighted by Crippen LogP contribution is 2.26. The Morgan fingerprint density at radius 3 is 2.70 bits per heavy atom. The first-order valence-electron chi connectivity index (χ1n) is 7.91. The highest BCUT2D eigenvalue weighted by Gasteiger charge is 2.32. The van der Waals surface area contributed by atoms with Gasteiger partial charge in [0.2, 0.25) is 5.91 Å². The quantitative estimate of drug-likeness (QED) is 0.792. The Bertz CT molecular complexity index is 318. The zero-order valence-electron chi connectivity index (χ0n) is 12.8. The van der Waals surface area contributed by atoms with E-state index in [1.165, 1.54) is 6.42 Å². The lowest BCUT2D eigenvalue weighted by molar-refractivity contribution is -0.125. The second-order valence-electron chi connectivity index (χ2n) is 6.50. The van der Waals surface area contributed by atoms with E-state index in [0.717, 1.165) is 32.6 Å². The summed E-state index contributed by atoms with van der Waals surface area (Å²) in [5, 5.41) is 3.14. The smallest absolute Gasteiger partial charge is 0.234 e. The maximum Gasteiger partial charge on any atom is 0.234 e. The normalized spacial score (nSPS) is 33.0. The van der Waals surface area contributed by atoms with Gasteiger partial charge in [0, 0.05) is 38.4 Å². The average molecular weight is 283 g/mol. The van der Waals surface area contributed by atoms with Crippen LogP contribution in [-0.4, -0.2) is 55.7 Å². The summed E-state index contributed by atoms with van der Waals surface area (Å²) in [5.41, 5.74) is 5.90. The summed E-state index contributed by atoms with van der Waals surface area (Å²) in [7, 11) is 0. The Morgan fingerprint density at radius 1 is 1.35 bits per heavy atom. The summed E-state index contributed by atoms with van der Waals surface area (Å²) in [6, 6.07) is 0.624. The molecule has 0 radical (unpaired) electrons. The van der Waals surface area contributed by atoms with E-state index >= 15 is 0 Å². The molecule has 2 aliphatic heterocycles. The van der Waals surface area contributed by atoms with E-state index < -0.39 is 0 Å². The highest BCUT2D eigenvalue weighted by atomic mass is 16.5. The molecular formula is C15H29N3O2. The van der Waals surface area contributed by atoms with Crippen molar-refractivity contribution in [2.24, 2.45) is 17.6 Å². The third-order valence-corrected chi connectivity index (χ3v) is 4.62. The van der Waals surface area contributed by atoms with Crippen LogP contribution in [0.15, 0.2) is 0 Å². The molecule has 0 bridgehead atoms. The molecule has 0 spiro atoms. The van der Waals surface area contributed by atoms with Gasteiger partial charge < -0.3 is 15.8 Å². The van der Waals surface area contributed by atoms with Crippen LogP contribution in [0.5, 0.6) is 0 Å². The molecule has 2 aliphatic rings. The Hall–Kier alpha value is -0.650. The molecule has 3 unspecified atom stereocenters. The number of hydrogen-bond acceptors (Lipinski definition) is 4. The zero-order chi connectivity index (χ0) is 14.5. The Morgan fingerprint density at radius 2 is 2.05 bits per heavy atom. The summed E-state index contributed by atoms with van der Waals surface area (Å²) in [6.07, 6.45) is 3.07. The van der Waals surface area contributed by atoms with Gasteiger partial charge in [0.1, 0.15) is 0 Å². The molecule has 0 aliphatic carbocycles. The third kappa shape index (κ3) is 4.17. The van der Waals surface area contributed by atoms with Gasteiger partial charge in [0.25, 0.3) is 0 Å². The van der Waals surface area contributed by atoms with E-state index in [4.69, 9.17) is 10.5 Å². The number of nitrogens with one attached hydrogen (secondary N) is 1. The Labute approximate surface area is 122 Å². The van der Waals surface area contributed by atoms with Crippen LogP contribution in [0.4, 0.5) is 0 Å². The molecule has 5 heteroatoms. The van der Waals surface area contributed by atoms with Gasteiger partial charge in [-0.25, -0.2) is 0 Å². The zero-order valence-corrected chi connectivity index (χ0v) is 12.8. The second-order valence-corrected chi connectivity index (χ2v) is 6.50. The van der Waals surface area contributed by atoms with Crippen molar-refractivity contribution in [3.05, 3.63) is 0 Å². The summed E-state index contributed by atoms with van der Waals surface area (Å²) >= 11 is 0. The van der Waals surface area contributed by atoms with Crippen LogP contribution in [-0.2, 0) is 9.53 Å². The van der Waals surface area contributed by atoms with Crippen molar-refractivity contribution in [2.75, 3.05) is 32.8 Å². The first kappa shape index (κ1) is 15.7. The van der Waals surface area contributed by atoms with Crippen LogP contribution in [0.1, 0.15) is 33.1 Å². The first-order chi connectivity index (χ1) is 9.60. The van der Waals surface area contributed by atoms with Gasteiger partial charge in [0.15, 0.2) is 0 Å². The van der Waals surface area contributed by atoms with E-state index in [1.54, 1.807) is 0 Å². The molecule has 0 aromatic heterocycles. The number of ether oxygens (including phenoxy) is 1. The SMILES string of the molecule is CC1CC(C)C(CN)N(CC(=O)NC2CCOCC2)C1. The minimum Gasteiger partial charge on any atom is -0.381 e. The number of hydrogen-bond donors (Lipinski definition) is 2. The van der Waals surface area contributed by atoms with Crippen molar-refractivity contribution in [3.8, 4) is 0 Å². The fourth-order valence-electron chi connectivity index (χ4n) is 3.62. The van der Waals surface area contributed by atoms with E-state index in [0.29, 0.717) is 31.0 Å². The van der Waals surface area contributed by atoms with Crippen molar-refractivity contribution < 1.29 is 9.53 Å². The van der Waals surface area contributed by atoms with Gasteiger partial charge >= 0.3 is 0 Å². The van der Waals surface area contributed by atoms with Crippen molar-refractivity contribution in [1.82, 2.24) is 10.2 Å². The first-order valence-corrected chi connectivity index (χ1v) is 7.91. The monoisotopic (exact) mass is 283 g/mol. The van der Waals surface area contributed by atoms with Gasteiger partial charge in [-0.05, 0) is 31.1 Å². The Kier molecular flexibility index (Phi) is 5.81. The molecule has 2 heterocycles. The lowest BCUT2D eigenvalue weighted by Crippen LogP contribution is -2.54. The number of nitrogens with zero attached hydrogens (tertiary/aromatic N) is 1. The van der Waals surface area contributed by atoms with Gasteiger partial charge in [-0.3, -0.25) is 9.69 Å². The van der Waals surface area contributed by atoms with Crippen LogP contribution < -0.4 is 11.1 Å². The molecule has 2 fully saturated rings.